The number of benzene rings is 1. The number of halogens is 1. The standard InChI is InChI=1S/C20H23FN4O5/c21-15-11-18(25(27)28)17(12-16(15)22-13-14-3-1-9-29-14)23-5-7-24(8-6-23)20(26)19-4-2-10-30-19/h2,4,10-12,14,22H,1,3,5-9,13H2. The lowest BCUT2D eigenvalue weighted by Crippen LogP contribution is -2.48. The largest absolute Gasteiger partial charge is 0.459 e. The fourth-order valence-corrected chi connectivity index (χ4v) is 3.82. The zero-order valence-corrected chi connectivity index (χ0v) is 16.4. The molecule has 2 fully saturated rings. The second-order valence-electron chi connectivity index (χ2n) is 7.35. The Balaban J connectivity index is 1.48. The van der Waals surface area contributed by atoms with E-state index >= 15 is 0 Å². The lowest BCUT2D eigenvalue weighted by Gasteiger charge is -2.35. The summed E-state index contributed by atoms with van der Waals surface area (Å²) in [6.07, 6.45) is 3.33. The van der Waals surface area contributed by atoms with Gasteiger partial charge in [-0.25, -0.2) is 4.39 Å². The number of nitro groups is 1. The first-order valence-corrected chi connectivity index (χ1v) is 9.94. The Morgan fingerprint density at radius 2 is 2.10 bits per heavy atom. The average molecular weight is 418 g/mol. The van der Waals surface area contributed by atoms with E-state index in [0.29, 0.717) is 45.0 Å². The quantitative estimate of drug-likeness (QED) is 0.569. The number of nitro benzene ring substituents is 1. The number of rotatable bonds is 6. The molecular formula is C20H23FN4O5. The second kappa shape index (κ2) is 8.70. The highest BCUT2D eigenvalue weighted by atomic mass is 19.1. The maximum Gasteiger partial charge on any atom is 0.295 e. The number of nitrogens with one attached hydrogen (secondary N) is 1. The molecule has 0 aliphatic carbocycles. The molecule has 30 heavy (non-hydrogen) atoms. The molecule has 0 saturated carbocycles. The highest BCUT2D eigenvalue weighted by molar-refractivity contribution is 5.91. The lowest BCUT2D eigenvalue weighted by molar-refractivity contribution is -0.384. The van der Waals surface area contributed by atoms with Crippen LogP contribution in [0.1, 0.15) is 23.4 Å². The summed E-state index contributed by atoms with van der Waals surface area (Å²) >= 11 is 0. The predicted molar refractivity (Wildman–Crippen MR) is 107 cm³/mol. The number of ether oxygens (including phenoxy) is 1. The molecule has 9 nitrogen and oxygen atoms in total. The van der Waals surface area contributed by atoms with Gasteiger partial charge in [0.2, 0.25) is 0 Å². The molecule has 1 aromatic heterocycles. The summed E-state index contributed by atoms with van der Waals surface area (Å²) in [5, 5.41) is 14.5. The molecule has 2 saturated heterocycles. The first-order valence-electron chi connectivity index (χ1n) is 9.94. The predicted octanol–water partition coefficient (Wildman–Crippen LogP) is 2.88. The molecule has 0 bridgehead atoms. The van der Waals surface area contributed by atoms with Crippen molar-refractivity contribution in [3.05, 3.63) is 52.2 Å². The summed E-state index contributed by atoms with van der Waals surface area (Å²) in [4.78, 5) is 26.8. The third-order valence-corrected chi connectivity index (χ3v) is 5.44. The summed E-state index contributed by atoms with van der Waals surface area (Å²) in [5.74, 6) is -0.626. The van der Waals surface area contributed by atoms with Gasteiger partial charge in [-0.3, -0.25) is 14.9 Å². The molecule has 0 spiro atoms. The van der Waals surface area contributed by atoms with Crippen LogP contribution >= 0.6 is 0 Å². The normalized spacial score (nSPS) is 19.2. The van der Waals surface area contributed by atoms with E-state index in [1.807, 2.05) is 0 Å². The Labute approximate surface area is 172 Å². The van der Waals surface area contributed by atoms with E-state index < -0.39 is 10.7 Å². The van der Waals surface area contributed by atoms with Crippen LogP contribution in [0.25, 0.3) is 0 Å². The monoisotopic (exact) mass is 418 g/mol. The van der Waals surface area contributed by atoms with Gasteiger partial charge in [0.25, 0.3) is 11.6 Å². The van der Waals surface area contributed by atoms with Crippen molar-refractivity contribution in [2.45, 2.75) is 18.9 Å². The number of piperazine rings is 1. The molecule has 0 radical (unpaired) electrons. The highest BCUT2D eigenvalue weighted by Crippen LogP contribution is 2.34. The van der Waals surface area contributed by atoms with Gasteiger partial charge in [0.15, 0.2) is 11.6 Å². The zero-order valence-electron chi connectivity index (χ0n) is 16.4. The van der Waals surface area contributed by atoms with E-state index in [4.69, 9.17) is 9.15 Å². The van der Waals surface area contributed by atoms with Gasteiger partial charge in [-0.05, 0) is 31.0 Å². The van der Waals surface area contributed by atoms with Crippen LogP contribution in [-0.2, 0) is 4.74 Å². The maximum atomic E-state index is 14.5. The molecule has 2 aliphatic rings. The molecule has 4 rings (SSSR count). The number of amides is 1. The molecule has 2 aliphatic heterocycles. The molecule has 1 amide bonds. The minimum Gasteiger partial charge on any atom is -0.459 e. The van der Waals surface area contributed by atoms with E-state index in [0.717, 1.165) is 18.9 Å². The van der Waals surface area contributed by atoms with Crippen LogP contribution in [0.2, 0.25) is 0 Å². The van der Waals surface area contributed by atoms with Gasteiger partial charge in [-0.2, -0.15) is 0 Å². The van der Waals surface area contributed by atoms with Gasteiger partial charge >= 0.3 is 0 Å². The number of hydrogen-bond acceptors (Lipinski definition) is 7. The summed E-state index contributed by atoms with van der Waals surface area (Å²) < 4.78 is 25.2. The Bertz CT molecular complexity index is 906. The van der Waals surface area contributed by atoms with Crippen molar-refractivity contribution in [2.75, 3.05) is 49.5 Å². The molecule has 10 heteroatoms. The Hall–Kier alpha value is -3.14. The highest BCUT2D eigenvalue weighted by Gasteiger charge is 2.29. The smallest absolute Gasteiger partial charge is 0.295 e. The van der Waals surface area contributed by atoms with Crippen molar-refractivity contribution in [3.8, 4) is 0 Å². The third-order valence-electron chi connectivity index (χ3n) is 5.44. The summed E-state index contributed by atoms with van der Waals surface area (Å²) in [7, 11) is 0. The van der Waals surface area contributed by atoms with Crippen molar-refractivity contribution in [2.24, 2.45) is 0 Å². The molecule has 1 N–H and O–H groups in total. The fourth-order valence-electron chi connectivity index (χ4n) is 3.82. The van der Waals surface area contributed by atoms with Crippen molar-refractivity contribution < 1.29 is 23.3 Å². The minimum atomic E-state index is -0.671. The molecule has 3 heterocycles. The number of carbonyl (C=O) groups excluding carboxylic acids is 1. The second-order valence-corrected chi connectivity index (χ2v) is 7.35. The van der Waals surface area contributed by atoms with E-state index in [9.17, 15) is 19.3 Å². The third kappa shape index (κ3) is 4.23. The maximum absolute atomic E-state index is 14.5. The topological polar surface area (TPSA) is 101 Å². The number of anilines is 2. The van der Waals surface area contributed by atoms with Gasteiger partial charge in [0.1, 0.15) is 5.69 Å². The van der Waals surface area contributed by atoms with E-state index in [1.165, 1.54) is 12.3 Å². The van der Waals surface area contributed by atoms with E-state index in [2.05, 4.69) is 5.32 Å². The van der Waals surface area contributed by atoms with Crippen molar-refractivity contribution in [1.29, 1.82) is 0 Å². The zero-order chi connectivity index (χ0) is 21.1. The Morgan fingerprint density at radius 3 is 2.73 bits per heavy atom. The summed E-state index contributed by atoms with van der Waals surface area (Å²) in [6, 6.07) is 5.68. The Morgan fingerprint density at radius 1 is 1.30 bits per heavy atom. The van der Waals surface area contributed by atoms with Gasteiger partial charge < -0.3 is 24.3 Å². The first kappa shape index (κ1) is 20.1. The van der Waals surface area contributed by atoms with Gasteiger partial charge in [0.05, 0.1) is 29.0 Å². The number of hydrogen-bond donors (Lipinski definition) is 1. The fraction of sp³-hybridized carbons (Fsp3) is 0.450. The average Bonchev–Trinajstić information content (AvgIpc) is 3.46. The van der Waals surface area contributed by atoms with Crippen LogP contribution in [0.3, 0.4) is 0 Å². The van der Waals surface area contributed by atoms with Crippen LogP contribution in [0.5, 0.6) is 0 Å². The number of carbonyl (C=O) groups is 1. The number of furan rings is 1. The van der Waals surface area contributed by atoms with Gasteiger partial charge in [0, 0.05) is 39.3 Å². The molecule has 2 aromatic rings. The minimum absolute atomic E-state index is 0.0131. The molecule has 1 unspecified atom stereocenters. The molecule has 1 atom stereocenters. The van der Waals surface area contributed by atoms with Crippen molar-refractivity contribution in [1.82, 2.24) is 4.90 Å². The van der Waals surface area contributed by atoms with Crippen LogP contribution in [0.15, 0.2) is 34.9 Å². The van der Waals surface area contributed by atoms with Crippen LogP contribution in [0.4, 0.5) is 21.5 Å². The summed E-state index contributed by atoms with van der Waals surface area (Å²) in [5.41, 5.74) is 0.252. The molecular weight excluding hydrogens is 395 g/mol. The molecule has 1 aromatic carbocycles. The summed E-state index contributed by atoms with van der Waals surface area (Å²) in [6.45, 7) is 2.69. The number of nitrogens with zero attached hydrogens (tertiary/aromatic N) is 3. The lowest BCUT2D eigenvalue weighted by atomic mass is 10.1. The van der Waals surface area contributed by atoms with E-state index in [-0.39, 0.29) is 29.1 Å². The van der Waals surface area contributed by atoms with Crippen molar-refractivity contribution in [3.63, 3.8) is 0 Å². The first-order chi connectivity index (χ1) is 14.5. The van der Waals surface area contributed by atoms with Gasteiger partial charge in [-0.15, -0.1) is 0 Å². The van der Waals surface area contributed by atoms with Crippen LogP contribution in [0, 0.1) is 15.9 Å². The SMILES string of the molecule is O=C(c1ccco1)N1CCN(c2cc(NCC3CCCO3)c(F)cc2[N+](=O)[O-])CC1. The Kier molecular flexibility index (Phi) is 5.84. The molecule has 160 valence electrons. The van der Waals surface area contributed by atoms with Crippen molar-refractivity contribution >= 4 is 23.0 Å². The van der Waals surface area contributed by atoms with Crippen LogP contribution < -0.4 is 10.2 Å². The van der Waals surface area contributed by atoms with Crippen LogP contribution in [-0.4, -0.2) is 61.2 Å². The van der Waals surface area contributed by atoms with Gasteiger partial charge in [-0.1, -0.05) is 0 Å². The van der Waals surface area contributed by atoms with E-state index in [1.54, 1.807) is 21.9 Å².